The Bertz CT molecular complexity index is 974. The number of carbonyl (C=O) groups excluding carboxylic acids is 1. The van der Waals surface area contributed by atoms with E-state index in [1.165, 1.54) is 27.8 Å². The number of esters is 1. The van der Waals surface area contributed by atoms with Gasteiger partial charge in [0, 0.05) is 0 Å². The molecule has 0 heterocycles. The fourth-order valence-electron chi connectivity index (χ4n) is 5.00. The van der Waals surface area contributed by atoms with E-state index in [0.717, 1.165) is 12.0 Å². The lowest BCUT2D eigenvalue weighted by atomic mass is 9.71. The summed E-state index contributed by atoms with van der Waals surface area (Å²) in [5.74, 6) is 0.315. The summed E-state index contributed by atoms with van der Waals surface area (Å²) in [6, 6.07) is 12.6. The zero-order valence-corrected chi connectivity index (χ0v) is 19.8. The highest BCUT2D eigenvalue weighted by atomic mass is 16.5. The van der Waals surface area contributed by atoms with Crippen LogP contribution in [0.4, 0.5) is 0 Å². The molecular formula is C28H36O2. The minimum atomic E-state index is -0.268. The summed E-state index contributed by atoms with van der Waals surface area (Å²) in [6.07, 6.45) is 3.23. The van der Waals surface area contributed by atoms with E-state index in [0.29, 0.717) is 18.1 Å². The van der Waals surface area contributed by atoms with Gasteiger partial charge in [-0.05, 0) is 82.5 Å². The summed E-state index contributed by atoms with van der Waals surface area (Å²) in [6.45, 7) is 18.6. The summed E-state index contributed by atoms with van der Waals surface area (Å²) < 4.78 is 5.08. The van der Waals surface area contributed by atoms with Gasteiger partial charge in [-0.3, -0.25) is 0 Å². The average molecular weight is 405 g/mol. The predicted molar refractivity (Wildman–Crippen MR) is 127 cm³/mol. The molecule has 0 fully saturated rings. The van der Waals surface area contributed by atoms with E-state index in [9.17, 15) is 4.79 Å². The van der Waals surface area contributed by atoms with E-state index in [4.69, 9.17) is 4.74 Å². The Morgan fingerprint density at radius 3 is 2.10 bits per heavy atom. The molecule has 0 aromatic heterocycles. The van der Waals surface area contributed by atoms with Crippen LogP contribution in [0.25, 0.3) is 11.6 Å². The molecule has 0 radical (unpaired) electrons. The van der Waals surface area contributed by atoms with Gasteiger partial charge >= 0.3 is 5.97 Å². The Balaban J connectivity index is 2.02. The highest BCUT2D eigenvalue weighted by Gasteiger charge is 2.48. The molecule has 3 rings (SSSR count). The van der Waals surface area contributed by atoms with Gasteiger partial charge in [0.25, 0.3) is 0 Å². The number of benzene rings is 2. The normalized spacial score (nSPS) is 19.5. The topological polar surface area (TPSA) is 26.3 Å². The first-order chi connectivity index (χ1) is 14.0. The van der Waals surface area contributed by atoms with Gasteiger partial charge in [0.05, 0.1) is 12.2 Å². The van der Waals surface area contributed by atoms with Crippen molar-refractivity contribution in [2.75, 3.05) is 6.61 Å². The van der Waals surface area contributed by atoms with Gasteiger partial charge in [0.2, 0.25) is 0 Å². The summed E-state index contributed by atoms with van der Waals surface area (Å²) in [5.41, 5.74) is 9.01. The second kappa shape index (κ2) is 8.06. The molecule has 0 saturated heterocycles. The molecule has 0 saturated carbocycles. The van der Waals surface area contributed by atoms with Crippen molar-refractivity contribution in [2.45, 2.75) is 72.6 Å². The number of carbonyl (C=O) groups is 1. The second-order valence-electron chi connectivity index (χ2n) is 9.74. The molecule has 0 aliphatic heterocycles. The van der Waals surface area contributed by atoms with E-state index in [-0.39, 0.29) is 16.8 Å². The molecule has 30 heavy (non-hydrogen) atoms. The Morgan fingerprint density at radius 1 is 1.00 bits per heavy atom. The van der Waals surface area contributed by atoms with Crippen molar-refractivity contribution in [3.8, 4) is 0 Å². The minimum Gasteiger partial charge on any atom is -0.462 e. The van der Waals surface area contributed by atoms with Crippen molar-refractivity contribution >= 4 is 17.6 Å². The van der Waals surface area contributed by atoms with Crippen LogP contribution in [0.1, 0.15) is 93.6 Å². The van der Waals surface area contributed by atoms with E-state index in [1.807, 2.05) is 31.2 Å². The fourth-order valence-corrected chi connectivity index (χ4v) is 5.00. The van der Waals surface area contributed by atoms with Gasteiger partial charge in [-0.2, -0.15) is 0 Å². The van der Waals surface area contributed by atoms with Crippen molar-refractivity contribution in [3.63, 3.8) is 0 Å². The van der Waals surface area contributed by atoms with Crippen molar-refractivity contribution in [2.24, 2.45) is 5.92 Å². The zero-order valence-electron chi connectivity index (χ0n) is 19.8. The smallest absolute Gasteiger partial charge is 0.338 e. The third-order valence-corrected chi connectivity index (χ3v) is 7.41. The third-order valence-electron chi connectivity index (χ3n) is 7.41. The van der Waals surface area contributed by atoms with Gasteiger partial charge in [-0.1, -0.05) is 71.9 Å². The second-order valence-corrected chi connectivity index (χ2v) is 9.74. The Morgan fingerprint density at radius 2 is 1.57 bits per heavy atom. The SMILES string of the molecule is CCOC(=O)c1ccc(/C=C(\C)c2cc3c(cc2CC)C(C)(C)C(C)C3(C)C)cc1. The number of hydrogen-bond acceptors (Lipinski definition) is 2. The maximum Gasteiger partial charge on any atom is 0.338 e. The molecule has 1 aliphatic carbocycles. The average Bonchev–Trinajstić information content (AvgIpc) is 2.84. The number of rotatable bonds is 5. The number of hydrogen-bond donors (Lipinski definition) is 0. The highest BCUT2D eigenvalue weighted by Crippen LogP contribution is 2.54. The molecule has 1 aliphatic rings. The van der Waals surface area contributed by atoms with Gasteiger partial charge in [0.15, 0.2) is 0 Å². The van der Waals surface area contributed by atoms with E-state index < -0.39 is 0 Å². The van der Waals surface area contributed by atoms with Gasteiger partial charge in [0.1, 0.15) is 0 Å². The van der Waals surface area contributed by atoms with Crippen LogP contribution in [0.2, 0.25) is 0 Å². The van der Waals surface area contributed by atoms with Crippen LogP contribution >= 0.6 is 0 Å². The van der Waals surface area contributed by atoms with E-state index >= 15 is 0 Å². The highest BCUT2D eigenvalue weighted by molar-refractivity contribution is 5.90. The van der Waals surface area contributed by atoms with Gasteiger partial charge in [-0.25, -0.2) is 4.79 Å². The van der Waals surface area contributed by atoms with Crippen LogP contribution in [-0.2, 0) is 22.0 Å². The van der Waals surface area contributed by atoms with Crippen molar-refractivity contribution in [1.82, 2.24) is 0 Å². The largest absolute Gasteiger partial charge is 0.462 e. The van der Waals surface area contributed by atoms with E-state index in [2.05, 4.69) is 66.7 Å². The summed E-state index contributed by atoms with van der Waals surface area (Å²) >= 11 is 0. The quantitative estimate of drug-likeness (QED) is 0.389. The Hall–Kier alpha value is -2.35. The van der Waals surface area contributed by atoms with Crippen LogP contribution in [0.15, 0.2) is 36.4 Å². The zero-order chi connectivity index (χ0) is 22.3. The van der Waals surface area contributed by atoms with Crippen LogP contribution in [0, 0.1) is 5.92 Å². The molecule has 0 amide bonds. The fraction of sp³-hybridized carbons (Fsp3) is 0.464. The van der Waals surface area contributed by atoms with Crippen LogP contribution in [-0.4, -0.2) is 12.6 Å². The predicted octanol–water partition coefficient (Wildman–Crippen LogP) is 7.19. The molecule has 0 bridgehead atoms. The van der Waals surface area contributed by atoms with Crippen molar-refractivity contribution in [3.05, 3.63) is 69.8 Å². The number of ether oxygens (including phenoxy) is 1. The molecule has 2 heteroatoms. The van der Waals surface area contributed by atoms with Crippen LogP contribution < -0.4 is 0 Å². The lowest BCUT2D eigenvalue weighted by Crippen LogP contribution is -2.30. The van der Waals surface area contributed by atoms with Crippen LogP contribution in [0.3, 0.4) is 0 Å². The Labute approximate surface area is 182 Å². The summed E-state index contributed by atoms with van der Waals surface area (Å²) in [7, 11) is 0. The number of fused-ring (bicyclic) bond motifs is 1. The molecule has 2 nitrogen and oxygen atoms in total. The molecular weight excluding hydrogens is 368 g/mol. The summed E-state index contributed by atoms with van der Waals surface area (Å²) in [4.78, 5) is 11.9. The molecule has 0 N–H and O–H groups in total. The molecule has 1 atom stereocenters. The van der Waals surface area contributed by atoms with Crippen molar-refractivity contribution in [1.29, 1.82) is 0 Å². The summed E-state index contributed by atoms with van der Waals surface area (Å²) in [5, 5.41) is 0. The molecule has 2 aromatic rings. The maximum absolute atomic E-state index is 11.9. The van der Waals surface area contributed by atoms with Gasteiger partial charge < -0.3 is 4.74 Å². The Kier molecular flexibility index (Phi) is 6.00. The first-order valence-corrected chi connectivity index (χ1v) is 11.2. The van der Waals surface area contributed by atoms with Crippen molar-refractivity contribution < 1.29 is 9.53 Å². The molecule has 1 unspecified atom stereocenters. The lowest BCUT2D eigenvalue weighted by molar-refractivity contribution is 0.0526. The third kappa shape index (κ3) is 3.73. The molecule has 0 spiro atoms. The molecule has 160 valence electrons. The number of aryl methyl sites for hydroxylation is 1. The maximum atomic E-state index is 11.9. The number of allylic oxidation sites excluding steroid dienone is 1. The minimum absolute atomic E-state index is 0.154. The van der Waals surface area contributed by atoms with Crippen LogP contribution in [0.5, 0.6) is 0 Å². The lowest BCUT2D eigenvalue weighted by Gasteiger charge is -2.32. The monoisotopic (exact) mass is 404 g/mol. The first-order valence-electron chi connectivity index (χ1n) is 11.2. The van der Waals surface area contributed by atoms with Gasteiger partial charge in [-0.15, -0.1) is 0 Å². The first kappa shape index (κ1) is 22.3. The standard InChI is InChI=1S/C28H36O2/c1-9-21-16-24-25(28(7,8)19(4)27(24,5)6)17-23(21)18(3)15-20-11-13-22(14-12-20)26(29)30-10-2/h11-17,19H,9-10H2,1-8H3/b18-15+. The molecule has 2 aromatic carbocycles. The van der Waals surface area contributed by atoms with E-state index in [1.54, 1.807) is 0 Å².